The third-order valence-electron chi connectivity index (χ3n) is 6.29. The molecule has 0 saturated carbocycles. The number of anilines is 1. The largest absolute Gasteiger partial charge is 0.478 e. The predicted molar refractivity (Wildman–Crippen MR) is 153 cm³/mol. The van der Waals surface area contributed by atoms with E-state index >= 15 is 0 Å². The number of urea groups is 1. The van der Waals surface area contributed by atoms with E-state index in [1.165, 1.54) is 0 Å². The third-order valence-corrected chi connectivity index (χ3v) is 7.44. The molecule has 2 amide bonds. The van der Waals surface area contributed by atoms with E-state index in [-0.39, 0.29) is 37.5 Å². The van der Waals surface area contributed by atoms with Gasteiger partial charge < -0.3 is 35.1 Å². The summed E-state index contributed by atoms with van der Waals surface area (Å²) in [7, 11) is 0. The van der Waals surface area contributed by atoms with Crippen molar-refractivity contribution in [1.29, 1.82) is 0 Å². The van der Waals surface area contributed by atoms with Gasteiger partial charge in [0.25, 0.3) is 0 Å². The Bertz CT molecular complexity index is 1320. The highest BCUT2D eigenvalue weighted by Gasteiger charge is 2.32. The summed E-state index contributed by atoms with van der Waals surface area (Å²) in [6.45, 7) is 1.66. The van der Waals surface area contributed by atoms with Crippen LogP contribution in [0.2, 0.25) is 0 Å². The van der Waals surface area contributed by atoms with Gasteiger partial charge in [-0.1, -0.05) is 36.4 Å². The Labute approximate surface area is 242 Å². The lowest BCUT2D eigenvalue weighted by Crippen LogP contribution is -2.34. The first-order valence-electron chi connectivity index (χ1n) is 13.1. The minimum absolute atomic E-state index is 0.0430. The van der Waals surface area contributed by atoms with Crippen LogP contribution in [-0.4, -0.2) is 53.2 Å². The third kappa shape index (κ3) is 8.79. The first-order valence-corrected chi connectivity index (χ1v) is 14.1. The molecule has 3 atom stereocenters. The number of carbonyl (C=O) groups excluding carboxylic acids is 2. The summed E-state index contributed by atoms with van der Waals surface area (Å²) in [5, 5.41) is 23.7. The van der Waals surface area contributed by atoms with Crippen LogP contribution in [0.5, 0.6) is 0 Å². The van der Waals surface area contributed by atoms with Crippen LogP contribution in [0.3, 0.4) is 0 Å². The standard InChI is InChI=1S/C30H32N2O8S/c1-2-38-27(34)16-31-30(37)32-23-11-7-22(8-12-23)29-39-24(18-41-25-13-9-21(10-14-25)28(35)36)15-26(40-29)20-5-3-19(17-33)4-6-20/h3-14,24,26,29,33H,2,15-18H2,1H3,(H,35,36)(H2,31,32,37)/t24-,26+,29+/m1/s1. The normalized spacial score (nSPS) is 18.3. The van der Waals surface area contributed by atoms with E-state index in [2.05, 4.69) is 10.6 Å². The van der Waals surface area contributed by atoms with Crippen LogP contribution in [-0.2, 0) is 25.6 Å². The highest BCUT2D eigenvalue weighted by molar-refractivity contribution is 7.99. The van der Waals surface area contributed by atoms with Crippen molar-refractivity contribution in [1.82, 2.24) is 5.32 Å². The number of rotatable bonds is 11. The average Bonchev–Trinajstić information content (AvgIpc) is 2.99. The van der Waals surface area contributed by atoms with Crippen molar-refractivity contribution >= 4 is 35.4 Å². The van der Waals surface area contributed by atoms with Gasteiger partial charge in [0.15, 0.2) is 6.29 Å². The minimum atomic E-state index is -0.967. The maximum absolute atomic E-state index is 12.1. The van der Waals surface area contributed by atoms with E-state index in [4.69, 9.17) is 19.3 Å². The fourth-order valence-corrected chi connectivity index (χ4v) is 5.09. The number of hydrogen-bond donors (Lipinski definition) is 4. The van der Waals surface area contributed by atoms with E-state index in [1.807, 2.05) is 24.3 Å². The minimum Gasteiger partial charge on any atom is -0.478 e. The number of carboxylic acids is 1. The summed E-state index contributed by atoms with van der Waals surface area (Å²) >= 11 is 1.57. The van der Waals surface area contributed by atoms with Crippen molar-refractivity contribution < 1.29 is 38.8 Å². The lowest BCUT2D eigenvalue weighted by Gasteiger charge is -2.36. The summed E-state index contributed by atoms with van der Waals surface area (Å²) in [5.74, 6) is -0.863. The number of thioether (sulfide) groups is 1. The van der Waals surface area contributed by atoms with E-state index in [9.17, 15) is 19.5 Å². The molecule has 1 heterocycles. The number of benzene rings is 3. The molecule has 10 nitrogen and oxygen atoms in total. The fourth-order valence-electron chi connectivity index (χ4n) is 4.17. The van der Waals surface area contributed by atoms with Gasteiger partial charge in [0.1, 0.15) is 6.54 Å². The van der Waals surface area contributed by atoms with Gasteiger partial charge >= 0.3 is 18.0 Å². The molecule has 3 aromatic rings. The molecule has 1 saturated heterocycles. The fraction of sp³-hybridized carbons (Fsp3) is 0.300. The van der Waals surface area contributed by atoms with Crippen molar-refractivity contribution in [2.24, 2.45) is 0 Å². The van der Waals surface area contributed by atoms with Crippen LogP contribution in [0.15, 0.2) is 77.7 Å². The van der Waals surface area contributed by atoms with Crippen LogP contribution in [0.4, 0.5) is 10.5 Å². The summed E-state index contributed by atoms with van der Waals surface area (Å²) in [4.78, 5) is 35.6. The van der Waals surface area contributed by atoms with E-state index < -0.39 is 24.3 Å². The molecule has 0 bridgehead atoms. The van der Waals surface area contributed by atoms with E-state index in [0.29, 0.717) is 17.9 Å². The number of esters is 1. The van der Waals surface area contributed by atoms with Crippen molar-refractivity contribution in [2.45, 2.75) is 43.3 Å². The second kappa shape index (κ2) is 14.6. The number of aliphatic hydroxyl groups excluding tert-OH is 1. The van der Waals surface area contributed by atoms with Crippen LogP contribution >= 0.6 is 11.8 Å². The smallest absolute Gasteiger partial charge is 0.335 e. The maximum Gasteiger partial charge on any atom is 0.335 e. The maximum atomic E-state index is 12.1. The van der Waals surface area contributed by atoms with Gasteiger partial charge in [-0.3, -0.25) is 4.79 Å². The number of amides is 2. The lowest BCUT2D eigenvalue weighted by molar-refractivity contribution is -0.245. The first-order chi connectivity index (χ1) is 19.8. The zero-order valence-corrected chi connectivity index (χ0v) is 23.3. The summed E-state index contributed by atoms with van der Waals surface area (Å²) in [5.41, 5.74) is 3.30. The molecule has 4 N–H and O–H groups in total. The molecule has 0 spiro atoms. The van der Waals surface area contributed by atoms with Crippen molar-refractivity contribution in [3.63, 3.8) is 0 Å². The molecule has 41 heavy (non-hydrogen) atoms. The number of carbonyl (C=O) groups is 3. The Balaban J connectivity index is 1.43. The molecule has 0 radical (unpaired) electrons. The molecular weight excluding hydrogens is 548 g/mol. The second-order valence-corrected chi connectivity index (χ2v) is 10.3. The van der Waals surface area contributed by atoms with Crippen LogP contribution < -0.4 is 10.6 Å². The van der Waals surface area contributed by atoms with E-state index in [0.717, 1.165) is 21.6 Å². The van der Waals surface area contributed by atoms with E-state index in [1.54, 1.807) is 67.2 Å². The molecule has 1 aliphatic rings. The Morgan fingerprint density at radius 1 is 0.951 bits per heavy atom. The second-order valence-electron chi connectivity index (χ2n) is 9.23. The molecule has 11 heteroatoms. The topological polar surface area (TPSA) is 143 Å². The number of aromatic carboxylic acids is 1. The van der Waals surface area contributed by atoms with Crippen molar-refractivity contribution in [3.05, 3.63) is 95.1 Å². The van der Waals surface area contributed by atoms with Gasteiger partial charge in [0.2, 0.25) is 0 Å². The quantitative estimate of drug-likeness (QED) is 0.184. The molecule has 0 unspecified atom stereocenters. The number of carboxylic acid groups (broad SMARTS) is 1. The molecule has 1 fully saturated rings. The predicted octanol–water partition coefficient (Wildman–Crippen LogP) is 4.90. The number of ether oxygens (including phenoxy) is 3. The Hall–Kier alpha value is -3.90. The summed E-state index contributed by atoms with van der Waals surface area (Å²) < 4.78 is 17.5. The molecule has 216 valence electrons. The number of hydrogen-bond acceptors (Lipinski definition) is 8. The van der Waals surface area contributed by atoms with Crippen LogP contribution in [0.1, 0.15) is 52.8 Å². The summed E-state index contributed by atoms with van der Waals surface area (Å²) in [6.07, 6.45) is -0.493. The van der Waals surface area contributed by atoms with Gasteiger partial charge in [0.05, 0.1) is 31.0 Å². The Morgan fingerprint density at radius 2 is 1.63 bits per heavy atom. The highest BCUT2D eigenvalue weighted by Crippen LogP contribution is 2.39. The van der Waals surface area contributed by atoms with Gasteiger partial charge in [-0.15, -0.1) is 11.8 Å². The monoisotopic (exact) mass is 580 g/mol. The van der Waals surface area contributed by atoms with Gasteiger partial charge in [0, 0.05) is 28.3 Å². The molecule has 1 aliphatic heterocycles. The molecular formula is C30H32N2O8S. The Morgan fingerprint density at radius 3 is 2.27 bits per heavy atom. The molecule has 0 aromatic heterocycles. The van der Waals surface area contributed by atoms with Crippen LogP contribution in [0.25, 0.3) is 0 Å². The lowest BCUT2D eigenvalue weighted by atomic mass is 10.0. The van der Waals surface area contributed by atoms with Crippen molar-refractivity contribution in [3.8, 4) is 0 Å². The first kappa shape index (κ1) is 30.1. The number of nitrogens with one attached hydrogen (secondary N) is 2. The van der Waals surface area contributed by atoms with Gasteiger partial charge in [-0.05, 0) is 54.4 Å². The Kier molecular flexibility index (Phi) is 10.7. The average molecular weight is 581 g/mol. The molecule has 3 aromatic carbocycles. The molecule has 0 aliphatic carbocycles. The number of aliphatic hydroxyl groups is 1. The highest BCUT2D eigenvalue weighted by atomic mass is 32.2. The van der Waals surface area contributed by atoms with Crippen LogP contribution in [0, 0.1) is 0 Å². The van der Waals surface area contributed by atoms with Gasteiger partial charge in [-0.25, -0.2) is 9.59 Å². The SMILES string of the molecule is CCOC(=O)CNC(=O)Nc1ccc([C@H]2O[C@@H](CSc3ccc(C(=O)O)cc3)C[C@@H](c3ccc(CO)cc3)O2)cc1. The summed E-state index contributed by atoms with van der Waals surface area (Å²) in [6, 6.07) is 20.9. The zero-order chi connectivity index (χ0) is 29.2. The van der Waals surface area contributed by atoms with Crippen molar-refractivity contribution in [2.75, 3.05) is 24.2 Å². The zero-order valence-electron chi connectivity index (χ0n) is 22.4. The van der Waals surface area contributed by atoms with Gasteiger partial charge in [-0.2, -0.15) is 0 Å². The molecule has 4 rings (SSSR count).